The van der Waals surface area contributed by atoms with Gasteiger partial charge in [0.2, 0.25) is 0 Å². The molecule has 2 aromatic rings. The van der Waals surface area contributed by atoms with Crippen molar-refractivity contribution in [3.05, 3.63) is 36.7 Å². The van der Waals surface area contributed by atoms with E-state index in [2.05, 4.69) is 15.6 Å². The zero-order chi connectivity index (χ0) is 17.2. The summed E-state index contributed by atoms with van der Waals surface area (Å²) >= 11 is 0. The van der Waals surface area contributed by atoms with Crippen LogP contribution in [0.5, 0.6) is 0 Å². The molecule has 1 aliphatic carbocycles. The van der Waals surface area contributed by atoms with Crippen molar-refractivity contribution in [1.82, 2.24) is 4.98 Å². The smallest absolute Gasteiger partial charge is 0.175 e. The van der Waals surface area contributed by atoms with Crippen LogP contribution in [0.2, 0.25) is 0 Å². The fourth-order valence-corrected chi connectivity index (χ4v) is 3.73. The van der Waals surface area contributed by atoms with E-state index in [-0.39, 0.29) is 12.1 Å². The highest BCUT2D eigenvalue weighted by Gasteiger charge is 2.22. The number of anilines is 3. The van der Waals surface area contributed by atoms with E-state index in [1.54, 1.807) is 12.1 Å². The van der Waals surface area contributed by atoms with Gasteiger partial charge in [0.05, 0.1) is 22.0 Å². The number of sulfone groups is 1. The molecule has 0 radical (unpaired) electrons. The Morgan fingerprint density at radius 3 is 2.62 bits per heavy atom. The third kappa shape index (κ3) is 3.91. The highest BCUT2D eigenvalue weighted by molar-refractivity contribution is 7.90. The molecule has 5 N–H and O–H groups in total. The SMILES string of the molecule is CS(=O)(=O)c1ccc(N[C@@H]2CCCC[C@@H]2N)c(Nc2cc[nH]c2)c1. The third-order valence-electron chi connectivity index (χ3n) is 4.46. The number of rotatable bonds is 5. The normalized spacial score (nSPS) is 21.4. The van der Waals surface area contributed by atoms with Gasteiger partial charge in [-0.25, -0.2) is 8.42 Å². The Bertz CT molecular complexity index is 787. The molecular weight excluding hydrogens is 324 g/mol. The maximum atomic E-state index is 11.9. The Labute approximate surface area is 142 Å². The predicted molar refractivity (Wildman–Crippen MR) is 97.5 cm³/mol. The zero-order valence-corrected chi connectivity index (χ0v) is 14.6. The molecule has 1 aliphatic rings. The predicted octanol–water partition coefficient (Wildman–Crippen LogP) is 2.84. The van der Waals surface area contributed by atoms with Gasteiger partial charge in [-0.15, -0.1) is 0 Å². The fraction of sp³-hybridized carbons (Fsp3) is 0.412. The molecule has 0 unspecified atom stereocenters. The van der Waals surface area contributed by atoms with E-state index in [4.69, 9.17) is 5.73 Å². The van der Waals surface area contributed by atoms with Gasteiger partial charge in [0.1, 0.15) is 0 Å². The van der Waals surface area contributed by atoms with Crippen LogP contribution in [0.4, 0.5) is 17.1 Å². The molecule has 7 heteroatoms. The Morgan fingerprint density at radius 2 is 1.96 bits per heavy atom. The number of aromatic amines is 1. The molecule has 1 aromatic carbocycles. The molecule has 1 saturated carbocycles. The summed E-state index contributed by atoms with van der Waals surface area (Å²) in [5.74, 6) is 0. The number of hydrogen-bond acceptors (Lipinski definition) is 5. The second-order valence-corrected chi connectivity index (χ2v) is 8.42. The summed E-state index contributed by atoms with van der Waals surface area (Å²) < 4.78 is 23.7. The van der Waals surface area contributed by atoms with Crippen LogP contribution in [-0.2, 0) is 9.84 Å². The second kappa shape index (κ2) is 6.86. The minimum Gasteiger partial charge on any atom is -0.379 e. The standard InChI is InChI=1S/C17H24N4O2S/c1-24(22,23)13-6-7-16(21-15-5-3-2-4-14(15)18)17(10-13)20-12-8-9-19-11-12/h6-11,14-15,19-21H,2-5,18H2,1H3/t14-,15+/m0/s1. The lowest BCUT2D eigenvalue weighted by Gasteiger charge is -2.31. The molecule has 130 valence electrons. The quantitative estimate of drug-likeness (QED) is 0.666. The molecule has 3 rings (SSSR count). The monoisotopic (exact) mass is 348 g/mol. The van der Waals surface area contributed by atoms with Gasteiger partial charge in [0, 0.05) is 30.7 Å². The zero-order valence-electron chi connectivity index (χ0n) is 13.7. The molecule has 0 saturated heterocycles. The van der Waals surface area contributed by atoms with Crippen molar-refractivity contribution in [2.45, 2.75) is 42.7 Å². The van der Waals surface area contributed by atoms with Crippen LogP contribution in [0.25, 0.3) is 0 Å². The molecule has 0 spiro atoms. The molecule has 2 atom stereocenters. The third-order valence-corrected chi connectivity index (χ3v) is 5.57. The maximum absolute atomic E-state index is 11.9. The first-order valence-electron chi connectivity index (χ1n) is 8.19. The van der Waals surface area contributed by atoms with E-state index >= 15 is 0 Å². The Balaban J connectivity index is 1.91. The average molecular weight is 348 g/mol. The van der Waals surface area contributed by atoms with Crippen molar-refractivity contribution >= 4 is 26.9 Å². The number of nitrogens with two attached hydrogens (primary N) is 1. The molecule has 0 amide bonds. The van der Waals surface area contributed by atoms with Crippen molar-refractivity contribution < 1.29 is 8.42 Å². The van der Waals surface area contributed by atoms with Crippen LogP contribution in [0.15, 0.2) is 41.6 Å². The van der Waals surface area contributed by atoms with E-state index < -0.39 is 9.84 Å². The lowest BCUT2D eigenvalue weighted by atomic mass is 9.91. The van der Waals surface area contributed by atoms with Crippen molar-refractivity contribution in [3.8, 4) is 0 Å². The molecule has 6 nitrogen and oxygen atoms in total. The van der Waals surface area contributed by atoms with Crippen LogP contribution >= 0.6 is 0 Å². The largest absolute Gasteiger partial charge is 0.379 e. The number of aromatic nitrogens is 1. The topological polar surface area (TPSA) is 100 Å². The number of H-pyrrole nitrogens is 1. The van der Waals surface area contributed by atoms with Crippen LogP contribution < -0.4 is 16.4 Å². The molecule has 1 fully saturated rings. The van der Waals surface area contributed by atoms with Crippen molar-refractivity contribution in [2.75, 3.05) is 16.9 Å². The highest BCUT2D eigenvalue weighted by atomic mass is 32.2. The molecular formula is C17H24N4O2S. The molecule has 1 aromatic heterocycles. The molecule has 1 heterocycles. The van der Waals surface area contributed by atoms with E-state index in [0.29, 0.717) is 4.90 Å². The minimum absolute atomic E-state index is 0.119. The first-order valence-corrected chi connectivity index (χ1v) is 10.1. The Hall–Kier alpha value is -1.99. The second-order valence-electron chi connectivity index (χ2n) is 6.40. The fourth-order valence-electron chi connectivity index (χ4n) is 3.08. The minimum atomic E-state index is -3.27. The van der Waals surface area contributed by atoms with Gasteiger partial charge in [0.15, 0.2) is 9.84 Å². The highest BCUT2D eigenvalue weighted by Crippen LogP contribution is 2.31. The first-order chi connectivity index (χ1) is 11.4. The number of nitrogens with one attached hydrogen (secondary N) is 3. The summed E-state index contributed by atoms with van der Waals surface area (Å²) in [5, 5.41) is 6.77. The molecule has 0 bridgehead atoms. The lowest BCUT2D eigenvalue weighted by molar-refractivity contribution is 0.404. The van der Waals surface area contributed by atoms with Gasteiger partial charge in [-0.1, -0.05) is 12.8 Å². The van der Waals surface area contributed by atoms with Gasteiger partial charge in [0.25, 0.3) is 0 Å². The van der Waals surface area contributed by atoms with Crippen LogP contribution in [0.1, 0.15) is 25.7 Å². The Kier molecular flexibility index (Phi) is 4.82. The summed E-state index contributed by atoms with van der Waals surface area (Å²) in [6.45, 7) is 0. The number of benzene rings is 1. The van der Waals surface area contributed by atoms with Gasteiger partial charge in [-0.3, -0.25) is 0 Å². The lowest BCUT2D eigenvalue weighted by Crippen LogP contribution is -2.42. The summed E-state index contributed by atoms with van der Waals surface area (Å²) in [4.78, 5) is 3.27. The summed E-state index contributed by atoms with van der Waals surface area (Å²) in [7, 11) is -3.27. The van der Waals surface area contributed by atoms with E-state index in [9.17, 15) is 8.42 Å². The number of hydrogen-bond donors (Lipinski definition) is 4. The first kappa shape index (κ1) is 16.9. The molecule has 0 aliphatic heterocycles. The van der Waals surface area contributed by atoms with Crippen LogP contribution in [0, 0.1) is 0 Å². The van der Waals surface area contributed by atoms with Gasteiger partial charge in [-0.05, 0) is 37.1 Å². The average Bonchev–Trinajstić information content (AvgIpc) is 3.03. The van der Waals surface area contributed by atoms with Crippen molar-refractivity contribution in [2.24, 2.45) is 5.73 Å². The van der Waals surface area contributed by atoms with Crippen LogP contribution in [0.3, 0.4) is 0 Å². The Morgan fingerprint density at radius 1 is 1.17 bits per heavy atom. The maximum Gasteiger partial charge on any atom is 0.175 e. The molecule has 24 heavy (non-hydrogen) atoms. The van der Waals surface area contributed by atoms with E-state index in [1.807, 2.05) is 24.5 Å². The van der Waals surface area contributed by atoms with Crippen molar-refractivity contribution in [3.63, 3.8) is 0 Å². The van der Waals surface area contributed by atoms with E-state index in [0.717, 1.165) is 36.3 Å². The van der Waals surface area contributed by atoms with Gasteiger partial charge < -0.3 is 21.4 Å². The van der Waals surface area contributed by atoms with Gasteiger partial charge in [-0.2, -0.15) is 0 Å². The summed E-state index contributed by atoms with van der Waals surface area (Å²) in [6, 6.07) is 7.33. The van der Waals surface area contributed by atoms with Gasteiger partial charge >= 0.3 is 0 Å². The van der Waals surface area contributed by atoms with E-state index in [1.165, 1.54) is 12.7 Å². The summed E-state index contributed by atoms with van der Waals surface area (Å²) in [6.07, 6.45) is 9.22. The van der Waals surface area contributed by atoms with Crippen LogP contribution in [-0.4, -0.2) is 31.7 Å². The van der Waals surface area contributed by atoms with Crippen molar-refractivity contribution in [1.29, 1.82) is 0 Å². The summed E-state index contributed by atoms with van der Waals surface area (Å²) in [5.41, 5.74) is 8.70.